The first-order valence-corrected chi connectivity index (χ1v) is 8.22. The van der Waals surface area contributed by atoms with Crippen LogP contribution in [0.25, 0.3) is 0 Å². The summed E-state index contributed by atoms with van der Waals surface area (Å²) < 4.78 is 13.0. The lowest BCUT2D eigenvalue weighted by atomic mass is 9.94. The minimum Gasteiger partial charge on any atom is -0.356 e. The van der Waals surface area contributed by atoms with Crippen LogP contribution in [0.2, 0.25) is 5.15 Å². The fourth-order valence-corrected chi connectivity index (χ4v) is 2.97. The van der Waals surface area contributed by atoms with Crippen LogP contribution in [-0.4, -0.2) is 22.4 Å². The number of rotatable bonds is 4. The summed E-state index contributed by atoms with van der Waals surface area (Å²) >= 11 is 6.11. The molecule has 24 heavy (non-hydrogen) atoms. The number of nitrogens with zero attached hydrogens (tertiary/aromatic N) is 2. The molecule has 1 aromatic carbocycles. The van der Waals surface area contributed by atoms with E-state index in [1.165, 1.54) is 12.1 Å². The number of piperidine rings is 1. The van der Waals surface area contributed by atoms with Gasteiger partial charge in [0.1, 0.15) is 11.0 Å². The van der Waals surface area contributed by atoms with Crippen molar-refractivity contribution in [2.75, 3.05) is 11.9 Å². The number of hydrogen-bond donors (Lipinski definition) is 2. The lowest BCUT2D eigenvalue weighted by Gasteiger charge is -2.22. The van der Waals surface area contributed by atoms with E-state index in [0.717, 1.165) is 17.7 Å². The van der Waals surface area contributed by atoms with Crippen LogP contribution in [0.4, 0.5) is 10.3 Å². The van der Waals surface area contributed by atoms with Crippen molar-refractivity contribution >= 4 is 23.5 Å². The Morgan fingerprint density at radius 3 is 2.79 bits per heavy atom. The van der Waals surface area contributed by atoms with E-state index >= 15 is 0 Å². The molecule has 2 atom stereocenters. The van der Waals surface area contributed by atoms with Crippen molar-refractivity contribution in [2.24, 2.45) is 0 Å². The van der Waals surface area contributed by atoms with Crippen molar-refractivity contribution in [1.82, 2.24) is 15.3 Å². The van der Waals surface area contributed by atoms with Crippen LogP contribution in [0.3, 0.4) is 0 Å². The molecule has 1 aliphatic rings. The van der Waals surface area contributed by atoms with E-state index < -0.39 is 0 Å². The SMILES string of the molecule is CC(Nc1nc(Cl)cc(C2CCNC(=O)C2)n1)c1ccc(F)cc1. The van der Waals surface area contributed by atoms with Gasteiger partial charge in [0.05, 0.1) is 11.7 Å². The second kappa shape index (κ2) is 7.13. The molecule has 0 bridgehead atoms. The summed E-state index contributed by atoms with van der Waals surface area (Å²) in [5.41, 5.74) is 1.68. The van der Waals surface area contributed by atoms with Crippen LogP contribution in [0.1, 0.15) is 43.0 Å². The van der Waals surface area contributed by atoms with Gasteiger partial charge < -0.3 is 10.6 Å². The van der Waals surface area contributed by atoms with Crippen molar-refractivity contribution < 1.29 is 9.18 Å². The van der Waals surface area contributed by atoms with Crippen LogP contribution in [0.15, 0.2) is 30.3 Å². The molecule has 2 heterocycles. The van der Waals surface area contributed by atoms with Gasteiger partial charge in [0, 0.05) is 18.9 Å². The molecule has 3 rings (SSSR count). The number of benzene rings is 1. The molecule has 1 amide bonds. The van der Waals surface area contributed by atoms with E-state index in [2.05, 4.69) is 20.6 Å². The summed E-state index contributed by atoms with van der Waals surface area (Å²) in [6.07, 6.45) is 1.23. The predicted molar refractivity (Wildman–Crippen MR) is 90.5 cm³/mol. The first-order valence-electron chi connectivity index (χ1n) is 7.84. The molecule has 1 aliphatic heterocycles. The topological polar surface area (TPSA) is 66.9 Å². The summed E-state index contributed by atoms with van der Waals surface area (Å²) in [6.45, 7) is 2.57. The Kier molecular flexibility index (Phi) is 4.94. The van der Waals surface area contributed by atoms with Crippen LogP contribution in [0, 0.1) is 5.82 Å². The third-order valence-electron chi connectivity index (χ3n) is 4.10. The van der Waals surface area contributed by atoms with Crippen molar-refractivity contribution in [1.29, 1.82) is 0 Å². The fraction of sp³-hybridized carbons (Fsp3) is 0.353. The van der Waals surface area contributed by atoms with Crippen LogP contribution in [0.5, 0.6) is 0 Å². The number of aromatic nitrogens is 2. The minimum absolute atomic E-state index is 0.0233. The maximum atomic E-state index is 13.0. The lowest BCUT2D eigenvalue weighted by Crippen LogP contribution is -2.33. The van der Waals surface area contributed by atoms with Gasteiger partial charge in [-0.25, -0.2) is 14.4 Å². The fourth-order valence-electron chi connectivity index (χ4n) is 2.77. The molecule has 0 radical (unpaired) electrons. The van der Waals surface area contributed by atoms with Gasteiger partial charge in [-0.1, -0.05) is 23.7 Å². The molecule has 7 heteroatoms. The van der Waals surface area contributed by atoms with Crippen molar-refractivity contribution in [3.05, 3.63) is 52.6 Å². The molecule has 126 valence electrons. The second-order valence-corrected chi connectivity index (χ2v) is 6.28. The molecule has 0 spiro atoms. The maximum Gasteiger partial charge on any atom is 0.224 e. The zero-order chi connectivity index (χ0) is 17.1. The maximum absolute atomic E-state index is 13.0. The minimum atomic E-state index is -0.275. The smallest absolute Gasteiger partial charge is 0.224 e. The van der Waals surface area contributed by atoms with Gasteiger partial charge in [-0.15, -0.1) is 0 Å². The molecule has 2 unspecified atom stereocenters. The highest BCUT2D eigenvalue weighted by atomic mass is 35.5. The number of halogens is 2. The normalized spacial score (nSPS) is 18.8. The lowest BCUT2D eigenvalue weighted by molar-refractivity contribution is -0.122. The van der Waals surface area contributed by atoms with Gasteiger partial charge in [0.2, 0.25) is 11.9 Å². The summed E-state index contributed by atoms with van der Waals surface area (Å²) in [7, 11) is 0. The molecule has 0 aliphatic carbocycles. The Balaban J connectivity index is 1.78. The Labute approximate surface area is 144 Å². The van der Waals surface area contributed by atoms with Crippen molar-refractivity contribution in [3.8, 4) is 0 Å². The highest BCUT2D eigenvalue weighted by molar-refractivity contribution is 6.29. The number of nitrogens with one attached hydrogen (secondary N) is 2. The van der Waals surface area contributed by atoms with Crippen molar-refractivity contribution in [2.45, 2.75) is 31.7 Å². The summed E-state index contributed by atoms with van der Waals surface area (Å²) in [5, 5.41) is 6.32. The van der Waals surface area contributed by atoms with Crippen LogP contribution in [-0.2, 0) is 4.79 Å². The van der Waals surface area contributed by atoms with Gasteiger partial charge in [-0.05, 0) is 37.1 Å². The second-order valence-electron chi connectivity index (χ2n) is 5.90. The Bertz CT molecular complexity index is 738. The highest BCUT2D eigenvalue weighted by Gasteiger charge is 2.23. The van der Waals surface area contributed by atoms with Gasteiger partial charge in [0.15, 0.2) is 0 Å². The summed E-state index contributed by atoms with van der Waals surface area (Å²) in [6, 6.07) is 7.86. The largest absolute Gasteiger partial charge is 0.356 e. The van der Waals surface area contributed by atoms with E-state index in [-0.39, 0.29) is 23.7 Å². The van der Waals surface area contributed by atoms with E-state index in [9.17, 15) is 9.18 Å². The number of anilines is 1. The molecule has 1 aromatic heterocycles. The molecular weight excluding hydrogens is 331 g/mol. The molecule has 1 saturated heterocycles. The zero-order valence-corrected chi connectivity index (χ0v) is 14.0. The van der Waals surface area contributed by atoms with Gasteiger partial charge in [-0.2, -0.15) is 0 Å². The Morgan fingerprint density at radius 2 is 2.08 bits per heavy atom. The third-order valence-corrected chi connectivity index (χ3v) is 4.29. The van der Waals surface area contributed by atoms with E-state index in [0.29, 0.717) is 24.1 Å². The molecule has 5 nitrogen and oxygen atoms in total. The molecule has 0 saturated carbocycles. The monoisotopic (exact) mass is 348 g/mol. The highest BCUT2D eigenvalue weighted by Crippen LogP contribution is 2.27. The third kappa shape index (κ3) is 4.00. The van der Waals surface area contributed by atoms with Crippen LogP contribution >= 0.6 is 11.6 Å². The summed E-state index contributed by atoms with van der Waals surface area (Å²) in [4.78, 5) is 20.3. The zero-order valence-electron chi connectivity index (χ0n) is 13.2. The number of carbonyl (C=O) groups excluding carboxylic acids is 1. The number of carbonyl (C=O) groups is 1. The molecular formula is C17H18ClFN4O. The Hall–Kier alpha value is -2.21. The molecule has 1 fully saturated rings. The summed E-state index contributed by atoms with van der Waals surface area (Å²) in [5.74, 6) is 0.194. The first-order chi connectivity index (χ1) is 11.5. The average molecular weight is 349 g/mol. The number of hydrogen-bond acceptors (Lipinski definition) is 4. The molecule has 2 aromatic rings. The quantitative estimate of drug-likeness (QED) is 0.831. The molecule has 2 N–H and O–H groups in total. The Morgan fingerprint density at radius 1 is 1.33 bits per heavy atom. The van der Waals surface area contributed by atoms with E-state index in [1.54, 1.807) is 18.2 Å². The van der Waals surface area contributed by atoms with E-state index in [1.807, 2.05) is 6.92 Å². The standard InChI is InChI=1S/C17H18ClFN4O/c1-10(11-2-4-13(19)5-3-11)21-17-22-14(9-15(18)23-17)12-6-7-20-16(24)8-12/h2-5,9-10,12H,6-8H2,1H3,(H,20,24)(H,21,22,23). The first kappa shape index (κ1) is 16.6. The van der Waals surface area contributed by atoms with Crippen LogP contribution < -0.4 is 10.6 Å². The average Bonchev–Trinajstić information content (AvgIpc) is 2.55. The van der Waals surface area contributed by atoms with Crippen molar-refractivity contribution in [3.63, 3.8) is 0 Å². The van der Waals surface area contributed by atoms with Gasteiger partial charge in [0.25, 0.3) is 0 Å². The van der Waals surface area contributed by atoms with E-state index in [4.69, 9.17) is 11.6 Å². The predicted octanol–water partition coefficient (Wildman–Crippen LogP) is 3.44. The van der Waals surface area contributed by atoms with Gasteiger partial charge >= 0.3 is 0 Å². The van der Waals surface area contributed by atoms with Gasteiger partial charge in [-0.3, -0.25) is 4.79 Å². The number of amides is 1.